The molecule has 7 heteroatoms. The second kappa shape index (κ2) is 5.61. The van der Waals surface area contributed by atoms with E-state index < -0.39 is 15.7 Å². The monoisotopic (exact) mass is 310 g/mol. The highest BCUT2D eigenvalue weighted by Gasteiger charge is 2.11. The number of halogens is 1. The van der Waals surface area contributed by atoms with Crippen molar-refractivity contribution in [2.75, 3.05) is 11.6 Å². The summed E-state index contributed by atoms with van der Waals surface area (Å²) in [5, 5.41) is 11.6. The maximum Gasteiger partial charge on any atom is 0.175 e. The van der Waals surface area contributed by atoms with Crippen molar-refractivity contribution in [3.8, 4) is 6.07 Å². The molecule has 0 atom stereocenters. The number of anilines is 1. The first-order chi connectivity index (χ1) is 9.40. The van der Waals surface area contributed by atoms with Gasteiger partial charge in [-0.25, -0.2) is 12.8 Å². The fourth-order valence-corrected chi connectivity index (χ4v) is 2.98. The Bertz CT molecular complexity index is 776. The second-order valence-electron chi connectivity index (χ2n) is 4.15. The summed E-state index contributed by atoms with van der Waals surface area (Å²) in [5.74, 6) is -0.519. The predicted molar refractivity (Wildman–Crippen MR) is 75.9 cm³/mol. The van der Waals surface area contributed by atoms with E-state index in [0.29, 0.717) is 11.4 Å². The van der Waals surface area contributed by atoms with Crippen LogP contribution >= 0.6 is 11.3 Å². The Balaban J connectivity index is 2.19. The molecule has 0 spiro atoms. The second-order valence-corrected chi connectivity index (χ2v) is 7.33. The largest absolute Gasteiger partial charge is 0.378 e. The summed E-state index contributed by atoms with van der Waals surface area (Å²) in [6.07, 6.45) is 1.07. The van der Waals surface area contributed by atoms with E-state index in [1.54, 1.807) is 12.1 Å². The maximum atomic E-state index is 13.6. The highest BCUT2D eigenvalue weighted by atomic mass is 32.2. The minimum Gasteiger partial charge on any atom is -0.378 e. The van der Waals surface area contributed by atoms with Crippen LogP contribution in [0.25, 0.3) is 0 Å². The number of nitriles is 1. The number of sulfone groups is 1. The third-order valence-corrected chi connectivity index (χ3v) is 4.69. The van der Waals surface area contributed by atoms with Gasteiger partial charge >= 0.3 is 0 Å². The summed E-state index contributed by atoms with van der Waals surface area (Å²) in [7, 11) is -3.37. The highest BCUT2D eigenvalue weighted by molar-refractivity contribution is 7.90. The summed E-state index contributed by atoms with van der Waals surface area (Å²) < 4.78 is 36.5. The van der Waals surface area contributed by atoms with Crippen LogP contribution in [0.5, 0.6) is 0 Å². The molecule has 2 rings (SSSR count). The third kappa shape index (κ3) is 3.35. The minimum atomic E-state index is -3.37. The molecule has 0 aliphatic rings. The van der Waals surface area contributed by atoms with E-state index in [0.717, 1.165) is 17.2 Å². The van der Waals surface area contributed by atoms with Crippen molar-refractivity contribution < 1.29 is 12.8 Å². The maximum absolute atomic E-state index is 13.6. The van der Waals surface area contributed by atoms with Crippen molar-refractivity contribution >= 4 is 26.9 Å². The van der Waals surface area contributed by atoms with E-state index in [-0.39, 0.29) is 10.6 Å². The average molecular weight is 310 g/mol. The Kier molecular flexibility index (Phi) is 4.06. The molecule has 0 bridgehead atoms. The molecule has 4 nitrogen and oxygen atoms in total. The van der Waals surface area contributed by atoms with Crippen LogP contribution in [0.1, 0.15) is 9.75 Å². The molecule has 0 saturated carbocycles. The Morgan fingerprint density at radius 1 is 1.35 bits per heavy atom. The molecule has 104 valence electrons. The van der Waals surface area contributed by atoms with Gasteiger partial charge in [0, 0.05) is 17.7 Å². The van der Waals surface area contributed by atoms with E-state index in [4.69, 9.17) is 5.26 Å². The summed E-state index contributed by atoms with van der Waals surface area (Å²) in [6, 6.07) is 9.10. The minimum absolute atomic E-state index is 0.0605. The summed E-state index contributed by atoms with van der Waals surface area (Å²) in [6.45, 7) is 0.330. The SMILES string of the molecule is CS(=O)(=O)c1ccc(F)c(NCc2ccc(C#N)s2)c1. The zero-order valence-corrected chi connectivity index (χ0v) is 12.2. The molecule has 0 fully saturated rings. The molecule has 1 N–H and O–H groups in total. The standard InChI is InChI=1S/C13H11FN2O2S2/c1-20(17,18)11-4-5-12(14)13(6-11)16-8-10-3-2-9(7-15)19-10/h2-6,16H,8H2,1H3. The van der Waals surface area contributed by atoms with Crippen molar-refractivity contribution in [2.24, 2.45) is 0 Å². The number of nitrogens with zero attached hydrogens (tertiary/aromatic N) is 1. The number of benzene rings is 1. The molecule has 2 aromatic rings. The summed E-state index contributed by atoms with van der Waals surface area (Å²) >= 11 is 1.30. The van der Waals surface area contributed by atoms with Crippen molar-refractivity contribution in [1.82, 2.24) is 0 Å². The van der Waals surface area contributed by atoms with Gasteiger partial charge in [0.1, 0.15) is 16.8 Å². The predicted octanol–water partition coefficient (Wildman–Crippen LogP) is 2.77. The van der Waals surface area contributed by atoms with E-state index in [9.17, 15) is 12.8 Å². The van der Waals surface area contributed by atoms with Crippen molar-refractivity contribution in [2.45, 2.75) is 11.4 Å². The Morgan fingerprint density at radius 3 is 2.70 bits per heavy atom. The molecule has 1 heterocycles. The average Bonchev–Trinajstić information content (AvgIpc) is 2.84. The lowest BCUT2D eigenvalue weighted by Crippen LogP contribution is -2.03. The molecule has 0 aliphatic carbocycles. The summed E-state index contributed by atoms with van der Waals surface area (Å²) in [5.41, 5.74) is 0.125. The Hall–Kier alpha value is -1.91. The highest BCUT2D eigenvalue weighted by Crippen LogP contribution is 2.22. The van der Waals surface area contributed by atoms with Crippen LogP contribution in [-0.2, 0) is 16.4 Å². The topological polar surface area (TPSA) is 70.0 Å². The van der Waals surface area contributed by atoms with Crippen molar-refractivity contribution in [3.63, 3.8) is 0 Å². The van der Waals surface area contributed by atoms with Crippen LogP contribution in [0.15, 0.2) is 35.2 Å². The fraction of sp³-hybridized carbons (Fsp3) is 0.154. The number of hydrogen-bond acceptors (Lipinski definition) is 5. The van der Waals surface area contributed by atoms with Gasteiger partial charge in [-0.3, -0.25) is 0 Å². The normalized spacial score (nSPS) is 11.1. The lowest BCUT2D eigenvalue weighted by molar-refractivity contribution is 0.600. The molecular formula is C13H11FN2O2S2. The fourth-order valence-electron chi connectivity index (χ4n) is 1.59. The molecule has 0 saturated heterocycles. The lowest BCUT2D eigenvalue weighted by Gasteiger charge is -2.08. The van der Waals surface area contributed by atoms with Gasteiger partial charge in [-0.1, -0.05) is 0 Å². The van der Waals surface area contributed by atoms with E-state index in [1.165, 1.54) is 23.5 Å². The smallest absolute Gasteiger partial charge is 0.175 e. The molecule has 0 unspecified atom stereocenters. The van der Waals surface area contributed by atoms with Gasteiger partial charge in [-0.2, -0.15) is 5.26 Å². The first kappa shape index (κ1) is 14.5. The molecule has 0 radical (unpaired) electrons. The lowest BCUT2D eigenvalue weighted by atomic mass is 10.3. The number of nitrogens with one attached hydrogen (secondary N) is 1. The molecule has 20 heavy (non-hydrogen) atoms. The van der Waals surface area contributed by atoms with Gasteiger partial charge in [0.05, 0.1) is 10.6 Å². The first-order valence-corrected chi connectivity index (χ1v) is 8.33. The van der Waals surface area contributed by atoms with Gasteiger partial charge in [0.2, 0.25) is 0 Å². The van der Waals surface area contributed by atoms with Crippen LogP contribution in [-0.4, -0.2) is 14.7 Å². The first-order valence-electron chi connectivity index (χ1n) is 5.62. The molecule has 0 amide bonds. The Morgan fingerprint density at radius 2 is 2.10 bits per heavy atom. The van der Waals surface area contributed by atoms with Gasteiger partial charge in [0.15, 0.2) is 9.84 Å². The molecular weight excluding hydrogens is 299 g/mol. The number of hydrogen-bond donors (Lipinski definition) is 1. The Labute approximate surface area is 120 Å². The zero-order chi connectivity index (χ0) is 14.8. The van der Waals surface area contributed by atoms with Crippen LogP contribution in [0.3, 0.4) is 0 Å². The van der Waals surface area contributed by atoms with Crippen LogP contribution in [0.4, 0.5) is 10.1 Å². The zero-order valence-electron chi connectivity index (χ0n) is 10.6. The van der Waals surface area contributed by atoms with Gasteiger partial charge in [-0.15, -0.1) is 11.3 Å². The van der Waals surface area contributed by atoms with E-state index in [2.05, 4.69) is 5.32 Å². The molecule has 1 aromatic carbocycles. The van der Waals surface area contributed by atoms with Crippen LogP contribution < -0.4 is 5.32 Å². The van der Waals surface area contributed by atoms with Gasteiger partial charge in [-0.05, 0) is 30.3 Å². The van der Waals surface area contributed by atoms with Gasteiger partial charge in [0.25, 0.3) is 0 Å². The van der Waals surface area contributed by atoms with Gasteiger partial charge < -0.3 is 5.32 Å². The van der Waals surface area contributed by atoms with Crippen LogP contribution in [0.2, 0.25) is 0 Å². The van der Waals surface area contributed by atoms with E-state index >= 15 is 0 Å². The number of rotatable bonds is 4. The van der Waals surface area contributed by atoms with E-state index in [1.807, 2.05) is 6.07 Å². The van der Waals surface area contributed by atoms with Crippen molar-refractivity contribution in [3.05, 3.63) is 45.9 Å². The quantitative estimate of drug-likeness (QED) is 0.882. The third-order valence-electron chi connectivity index (χ3n) is 2.59. The molecule has 1 aromatic heterocycles. The van der Waals surface area contributed by atoms with Crippen LogP contribution in [0, 0.1) is 17.1 Å². The molecule has 0 aliphatic heterocycles. The van der Waals surface area contributed by atoms with Crippen molar-refractivity contribution in [1.29, 1.82) is 5.26 Å². The number of thiophene rings is 1. The summed E-state index contributed by atoms with van der Waals surface area (Å²) in [4.78, 5) is 1.50.